The van der Waals surface area contributed by atoms with E-state index in [4.69, 9.17) is 5.73 Å². The zero-order chi connectivity index (χ0) is 14.0. The van der Waals surface area contributed by atoms with Gasteiger partial charge in [0, 0.05) is 19.1 Å². The van der Waals surface area contributed by atoms with Gasteiger partial charge in [0.1, 0.15) is 0 Å². The number of hydrogen-bond acceptors (Lipinski definition) is 4. The van der Waals surface area contributed by atoms with Crippen LogP contribution in [0.3, 0.4) is 0 Å². The van der Waals surface area contributed by atoms with E-state index in [0.29, 0.717) is 13.0 Å². The lowest BCUT2D eigenvalue weighted by molar-refractivity contribution is -0.145. The largest absolute Gasteiger partial charge is 0.469 e. The minimum Gasteiger partial charge on any atom is -0.469 e. The number of piperidine rings is 1. The number of carbonyl (C=O) groups excluding carboxylic acids is 1. The van der Waals surface area contributed by atoms with Crippen LogP contribution in [0.15, 0.2) is 18.2 Å². The second-order valence-corrected chi connectivity index (χ2v) is 4.69. The molecule has 0 saturated carbocycles. The minimum absolute atomic E-state index is 0.129. The Hall–Kier alpha value is -1.69. The molecule has 1 aliphatic rings. The Bertz CT molecular complexity index is 482. The molecule has 6 heteroatoms. The molecule has 104 valence electrons. The molecule has 1 aliphatic heterocycles. The Balaban J connectivity index is 2.24. The molecule has 2 atom stereocenters. The number of methoxy groups -OCH3 is 1. The monoisotopic (exact) mass is 270 g/mol. The highest BCUT2D eigenvalue weighted by atomic mass is 19.2. The summed E-state index contributed by atoms with van der Waals surface area (Å²) in [5, 5.41) is 0. The van der Waals surface area contributed by atoms with Crippen molar-refractivity contribution in [3.63, 3.8) is 0 Å². The molecule has 1 fully saturated rings. The van der Waals surface area contributed by atoms with E-state index in [1.54, 1.807) is 4.90 Å². The van der Waals surface area contributed by atoms with Gasteiger partial charge in [0.2, 0.25) is 0 Å². The molecule has 1 saturated heterocycles. The number of anilines is 1. The van der Waals surface area contributed by atoms with Crippen molar-refractivity contribution in [2.24, 2.45) is 11.7 Å². The SMILES string of the molecule is COC(=O)C1CC(N)CN(c2cccc(F)c2F)C1. The Morgan fingerprint density at radius 2 is 2.16 bits per heavy atom. The summed E-state index contributed by atoms with van der Waals surface area (Å²) in [6, 6.07) is 3.69. The van der Waals surface area contributed by atoms with Crippen LogP contribution in [0.25, 0.3) is 0 Å². The molecule has 1 heterocycles. The van der Waals surface area contributed by atoms with Gasteiger partial charge >= 0.3 is 5.97 Å². The summed E-state index contributed by atoms with van der Waals surface area (Å²) in [7, 11) is 1.30. The van der Waals surface area contributed by atoms with Crippen LogP contribution in [-0.2, 0) is 9.53 Å². The average Bonchev–Trinajstić information content (AvgIpc) is 2.40. The smallest absolute Gasteiger partial charge is 0.310 e. The Labute approximate surface area is 110 Å². The molecule has 0 amide bonds. The second-order valence-electron chi connectivity index (χ2n) is 4.69. The number of rotatable bonds is 2. The minimum atomic E-state index is -0.916. The molecular weight excluding hydrogens is 254 g/mol. The molecule has 2 rings (SSSR count). The van der Waals surface area contributed by atoms with Crippen molar-refractivity contribution in [1.29, 1.82) is 0 Å². The molecule has 1 aromatic rings. The predicted molar refractivity (Wildman–Crippen MR) is 66.7 cm³/mol. The summed E-state index contributed by atoms with van der Waals surface area (Å²) in [6.45, 7) is 0.661. The third-order valence-corrected chi connectivity index (χ3v) is 3.29. The highest BCUT2D eigenvalue weighted by Gasteiger charge is 2.32. The Morgan fingerprint density at radius 3 is 2.84 bits per heavy atom. The van der Waals surface area contributed by atoms with Crippen molar-refractivity contribution < 1.29 is 18.3 Å². The van der Waals surface area contributed by atoms with E-state index < -0.39 is 17.6 Å². The Morgan fingerprint density at radius 1 is 1.42 bits per heavy atom. The standard InChI is InChI=1S/C13H16F2N2O2/c1-19-13(18)8-5-9(16)7-17(6-8)11-4-2-3-10(14)12(11)15/h2-4,8-9H,5-7,16H2,1H3. The van der Waals surface area contributed by atoms with Crippen molar-refractivity contribution in [3.8, 4) is 0 Å². The van der Waals surface area contributed by atoms with Crippen molar-refractivity contribution in [2.45, 2.75) is 12.5 Å². The van der Waals surface area contributed by atoms with Gasteiger partial charge in [-0.2, -0.15) is 0 Å². The van der Waals surface area contributed by atoms with Crippen LogP contribution in [0.1, 0.15) is 6.42 Å². The van der Waals surface area contributed by atoms with Gasteiger partial charge in [0.05, 0.1) is 18.7 Å². The van der Waals surface area contributed by atoms with Gasteiger partial charge < -0.3 is 15.4 Å². The van der Waals surface area contributed by atoms with E-state index in [9.17, 15) is 13.6 Å². The fourth-order valence-electron chi connectivity index (χ4n) is 2.41. The summed E-state index contributed by atoms with van der Waals surface area (Å²) < 4.78 is 31.7. The number of esters is 1. The van der Waals surface area contributed by atoms with Crippen LogP contribution in [0, 0.1) is 17.6 Å². The zero-order valence-corrected chi connectivity index (χ0v) is 10.6. The first kappa shape index (κ1) is 13.7. The van der Waals surface area contributed by atoms with Crippen LogP contribution >= 0.6 is 0 Å². The third-order valence-electron chi connectivity index (χ3n) is 3.29. The molecule has 1 aromatic carbocycles. The van der Waals surface area contributed by atoms with Crippen molar-refractivity contribution in [2.75, 3.05) is 25.1 Å². The van der Waals surface area contributed by atoms with Crippen molar-refractivity contribution in [3.05, 3.63) is 29.8 Å². The lowest BCUT2D eigenvalue weighted by atomic mass is 9.94. The quantitative estimate of drug-likeness (QED) is 0.823. The highest BCUT2D eigenvalue weighted by Crippen LogP contribution is 2.27. The molecule has 19 heavy (non-hydrogen) atoms. The van der Waals surface area contributed by atoms with Crippen molar-refractivity contribution in [1.82, 2.24) is 0 Å². The number of nitrogens with zero attached hydrogens (tertiary/aromatic N) is 1. The highest BCUT2D eigenvalue weighted by molar-refractivity contribution is 5.73. The van der Waals surface area contributed by atoms with Crippen LogP contribution in [0.2, 0.25) is 0 Å². The second kappa shape index (κ2) is 5.52. The van der Waals surface area contributed by atoms with Gasteiger partial charge in [-0.3, -0.25) is 4.79 Å². The fourth-order valence-corrected chi connectivity index (χ4v) is 2.41. The van der Waals surface area contributed by atoms with E-state index in [1.165, 1.54) is 19.2 Å². The lowest BCUT2D eigenvalue weighted by Gasteiger charge is -2.36. The van der Waals surface area contributed by atoms with Gasteiger partial charge in [-0.05, 0) is 18.6 Å². The van der Waals surface area contributed by atoms with Gasteiger partial charge in [0.15, 0.2) is 11.6 Å². The van der Waals surface area contributed by atoms with E-state index in [1.807, 2.05) is 0 Å². The van der Waals surface area contributed by atoms with Crippen LogP contribution in [0.5, 0.6) is 0 Å². The number of hydrogen-bond donors (Lipinski definition) is 1. The molecule has 2 unspecified atom stereocenters. The maximum Gasteiger partial charge on any atom is 0.310 e. The molecule has 0 aliphatic carbocycles. The number of ether oxygens (including phenoxy) is 1. The van der Waals surface area contributed by atoms with Gasteiger partial charge in [-0.25, -0.2) is 8.78 Å². The van der Waals surface area contributed by atoms with E-state index in [0.717, 1.165) is 6.07 Å². The first-order valence-corrected chi connectivity index (χ1v) is 6.05. The summed E-state index contributed by atoms with van der Waals surface area (Å²) in [4.78, 5) is 13.2. The first-order valence-electron chi connectivity index (χ1n) is 6.05. The molecule has 0 spiro atoms. The predicted octanol–water partition coefficient (Wildman–Crippen LogP) is 1.29. The fraction of sp³-hybridized carbons (Fsp3) is 0.462. The van der Waals surface area contributed by atoms with E-state index in [-0.39, 0.29) is 24.2 Å². The summed E-state index contributed by atoms with van der Waals surface area (Å²) in [6.07, 6.45) is 0.486. The average molecular weight is 270 g/mol. The van der Waals surface area contributed by atoms with Crippen molar-refractivity contribution >= 4 is 11.7 Å². The van der Waals surface area contributed by atoms with Gasteiger partial charge in [-0.15, -0.1) is 0 Å². The van der Waals surface area contributed by atoms with Gasteiger partial charge in [-0.1, -0.05) is 6.07 Å². The normalized spacial score (nSPS) is 23.3. The Kier molecular flexibility index (Phi) is 3.99. The summed E-state index contributed by atoms with van der Waals surface area (Å²) >= 11 is 0. The molecule has 4 nitrogen and oxygen atoms in total. The number of benzene rings is 1. The summed E-state index contributed by atoms with van der Waals surface area (Å²) in [5.41, 5.74) is 6.00. The topological polar surface area (TPSA) is 55.6 Å². The maximum atomic E-state index is 13.7. The third kappa shape index (κ3) is 2.84. The zero-order valence-electron chi connectivity index (χ0n) is 10.6. The van der Waals surface area contributed by atoms with E-state index in [2.05, 4.69) is 4.74 Å². The number of halogens is 2. The molecule has 0 bridgehead atoms. The van der Waals surface area contributed by atoms with E-state index >= 15 is 0 Å². The molecule has 0 aromatic heterocycles. The van der Waals surface area contributed by atoms with Crippen LogP contribution < -0.4 is 10.6 Å². The molecule has 2 N–H and O–H groups in total. The van der Waals surface area contributed by atoms with Crippen LogP contribution in [0.4, 0.5) is 14.5 Å². The number of carbonyl (C=O) groups is 1. The molecule has 0 radical (unpaired) electrons. The molecular formula is C13H16F2N2O2. The lowest BCUT2D eigenvalue weighted by Crippen LogP contribution is -2.49. The summed E-state index contributed by atoms with van der Waals surface area (Å²) in [5.74, 6) is -2.63. The maximum absolute atomic E-state index is 13.7. The number of nitrogens with two attached hydrogens (primary N) is 1. The first-order chi connectivity index (χ1) is 9.02. The van der Waals surface area contributed by atoms with Gasteiger partial charge in [0.25, 0.3) is 0 Å². The van der Waals surface area contributed by atoms with Crippen LogP contribution in [-0.4, -0.2) is 32.2 Å².